The zero-order chi connectivity index (χ0) is 27.8. The van der Waals surface area contributed by atoms with Crippen LogP contribution in [0, 0.1) is 18.4 Å². The Morgan fingerprint density at radius 1 is 1.15 bits per heavy atom. The normalized spacial score (nSPS) is 15.0. The number of carbonyl (C=O) groups is 2. The minimum absolute atomic E-state index is 0.0306. The summed E-state index contributed by atoms with van der Waals surface area (Å²) >= 11 is 1.26. The van der Waals surface area contributed by atoms with Crippen molar-refractivity contribution in [3.8, 4) is 23.4 Å². The fourth-order valence-corrected chi connectivity index (χ4v) is 6.15. The molecule has 2 aromatic heterocycles. The fraction of sp³-hybridized carbons (Fsp3) is 0.241. The molecule has 0 bridgehead atoms. The molecule has 0 aliphatic carbocycles. The van der Waals surface area contributed by atoms with Crippen LogP contribution in [-0.4, -0.2) is 48.1 Å². The molecule has 2 aliphatic rings. The number of para-hydroxylation sites is 2. The first-order valence-electron chi connectivity index (χ1n) is 12.9. The summed E-state index contributed by atoms with van der Waals surface area (Å²) in [6.07, 6.45) is 5.19. The summed E-state index contributed by atoms with van der Waals surface area (Å²) in [5.41, 5.74) is 2.64. The van der Waals surface area contributed by atoms with Crippen molar-refractivity contribution in [2.75, 3.05) is 30.4 Å². The van der Waals surface area contributed by atoms with E-state index in [0.717, 1.165) is 10.9 Å². The highest BCUT2D eigenvalue weighted by atomic mass is 32.1. The molecule has 4 heterocycles. The summed E-state index contributed by atoms with van der Waals surface area (Å²) in [6.45, 7) is 3.14. The van der Waals surface area contributed by atoms with Crippen molar-refractivity contribution in [1.82, 2.24) is 15.2 Å². The van der Waals surface area contributed by atoms with E-state index in [4.69, 9.17) is 14.7 Å². The number of nitriles is 1. The lowest BCUT2D eigenvalue weighted by Gasteiger charge is -2.30. The predicted molar refractivity (Wildman–Crippen MR) is 153 cm³/mol. The number of likely N-dealkylation sites (tertiary alicyclic amines) is 1. The summed E-state index contributed by atoms with van der Waals surface area (Å²) in [7, 11) is 1.59. The maximum Gasteiger partial charge on any atom is 0.331 e. The number of hydrogen-bond donors (Lipinski definition) is 2. The fourth-order valence-electron chi connectivity index (χ4n) is 5.13. The third kappa shape index (κ3) is 4.52. The Morgan fingerprint density at radius 2 is 1.93 bits per heavy atom. The molecule has 1 saturated heterocycles. The molecule has 202 valence electrons. The van der Waals surface area contributed by atoms with Crippen LogP contribution in [0.1, 0.15) is 28.1 Å². The van der Waals surface area contributed by atoms with E-state index >= 15 is 0 Å². The molecule has 10 nitrogen and oxygen atoms in total. The van der Waals surface area contributed by atoms with Gasteiger partial charge >= 0.3 is 6.03 Å². The van der Waals surface area contributed by atoms with Gasteiger partial charge in [0.25, 0.3) is 5.91 Å². The van der Waals surface area contributed by atoms with Gasteiger partial charge in [0.15, 0.2) is 17.7 Å². The molecular formula is C29H26N6O4S. The highest BCUT2D eigenvalue weighted by Crippen LogP contribution is 2.46. The standard InChI is InChI=1S/C29H26N6O4S/c1-17-15-19(39-23-6-4-3-5-22(23)38-2)7-8-20(17)35-21-9-12-31-28-24(21)25(33-29(35)37)26(40-28)27(36)32-18-10-13-34(16-30)14-11-18/h3-9,12,15,18H,10-11,13-14H2,1-2H3,(H,32,36)(H,33,37). The van der Waals surface area contributed by atoms with Crippen LogP contribution in [-0.2, 0) is 0 Å². The summed E-state index contributed by atoms with van der Waals surface area (Å²) in [4.78, 5) is 35.7. The van der Waals surface area contributed by atoms with Gasteiger partial charge in [-0.05, 0) is 61.7 Å². The number of hydrogen-bond acceptors (Lipinski definition) is 8. The van der Waals surface area contributed by atoms with E-state index in [1.807, 2.05) is 43.3 Å². The summed E-state index contributed by atoms with van der Waals surface area (Å²) in [5, 5.41) is 15.8. The molecule has 0 saturated carbocycles. The Balaban J connectivity index is 1.30. The molecule has 2 N–H and O–H groups in total. The molecule has 0 unspecified atom stereocenters. The number of nitrogens with zero attached hydrogens (tertiary/aromatic N) is 4. The summed E-state index contributed by atoms with van der Waals surface area (Å²) in [5.74, 6) is 1.57. The topological polar surface area (TPSA) is 120 Å². The SMILES string of the molecule is COc1ccccc1Oc1ccc(N2C(=O)Nc3c(C(=O)NC4CCN(C#N)CC4)sc4nccc2c34)c(C)c1. The highest BCUT2D eigenvalue weighted by molar-refractivity contribution is 7.21. The van der Waals surface area contributed by atoms with Gasteiger partial charge in [-0.25, -0.2) is 9.78 Å². The van der Waals surface area contributed by atoms with Crippen molar-refractivity contribution >= 4 is 50.6 Å². The number of piperidine rings is 1. The van der Waals surface area contributed by atoms with E-state index < -0.39 is 0 Å². The molecular weight excluding hydrogens is 528 g/mol. The van der Waals surface area contributed by atoms with Crippen LogP contribution in [0.3, 0.4) is 0 Å². The van der Waals surface area contributed by atoms with Gasteiger partial charge in [-0.3, -0.25) is 9.69 Å². The third-order valence-corrected chi connectivity index (χ3v) is 8.23. The van der Waals surface area contributed by atoms with Gasteiger partial charge < -0.3 is 25.0 Å². The lowest BCUT2D eigenvalue weighted by molar-refractivity contribution is 0.0926. The molecule has 0 radical (unpaired) electrons. The Labute approximate surface area is 234 Å². The van der Waals surface area contributed by atoms with Crippen molar-refractivity contribution < 1.29 is 19.1 Å². The first kappa shape index (κ1) is 25.5. The number of aromatic nitrogens is 1. The molecule has 11 heteroatoms. The number of rotatable bonds is 6. The second-order valence-corrected chi connectivity index (χ2v) is 10.6. The number of aryl methyl sites for hydroxylation is 1. The maximum absolute atomic E-state index is 13.5. The molecule has 0 atom stereocenters. The maximum atomic E-state index is 13.5. The van der Waals surface area contributed by atoms with E-state index in [1.54, 1.807) is 35.2 Å². The zero-order valence-corrected chi connectivity index (χ0v) is 22.7. The van der Waals surface area contributed by atoms with E-state index in [1.165, 1.54) is 11.3 Å². The molecule has 4 aromatic rings. The number of pyridine rings is 1. The van der Waals surface area contributed by atoms with Gasteiger partial charge in [0.05, 0.1) is 29.6 Å². The zero-order valence-electron chi connectivity index (χ0n) is 21.9. The van der Waals surface area contributed by atoms with E-state index in [2.05, 4.69) is 21.8 Å². The van der Waals surface area contributed by atoms with Crippen LogP contribution >= 0.6 is 11.3 Å². The van der Waals surface area contributed by atoms with Crippen molar-refractivity contribution in [3.63, 3.8) is 0 Å². The molecule has 3 amide bonds. The molecule has 2 aliphatic heterocycles. The number of nitrogens with one attached hydrogen (secondary N) is 2. The van der Waals surface area contributed by atoms with Gasteiger partial charge in [-0.2, -0.15) is 5.26 Å². The average molecular weight is 555 g/mol. The van der Waals surface area contributed by atoms with Crippen LogP contribution in [0.15, 0.2) is 54.7 Å². The molecule has 40 heavy (non-hydrogen) atoms. The van der Waals surface area contributed by atoms with E-state index in [9.17, 15) is 9.59 Å². The first-order chi connectivity index (χ1) is 19.5. The molecule has 6 rings (SSSR count). The number of thiophene rings is 1. The Bertz CT molecular complexity index is 1670. The predicted octanol–water partition coefficient (Wildman–Crippen LogP) is 5.76. The second kappa shape index (κ2) is 10.4. The molecule has 1 fully saturated rings. The summed E-state index contributed by atoms with van der Waals surface area (Å²) in [6, 6.07) is 14.3. The van der Waals surface area contributed by atoms with Crippen LogP contribution < -0.4 is 25.0 Å². The molecule has 0 spiro atoms. The van der Waals surface area contributed by atoms with Gasteiger partial charge in [-0.1, -0.05) is 12.1 Å². The number of carbonyl (C=O) groups excluding carboxylic acids is 2. The van der Waals surface area contributed by atoms with Gasteiger partial charge in [0.1, 0.15) is 15.5 Å². The van der Waals surface area contributed by atoms with Gasteiger partial charge in [0.2, 0.25) is 0 Å². The third-order valence-electron chi connectivity index (χ3n) is 7.13. The Morgan fingerprint density at radius 3 is 2.65 bits per heavy atom. The van der Waals surface area contributed by atoms with Gasteiger partial charge in [0, 0.05) is 25.3 Å². The highest BCUT2D eigenvalue weighted by Gasteiger charge is 2.34. The minimum atomic E-state index is -0.365. The van der Waals surface area contributed by atoms with Crippen molar-refractivity contribution in [1.29, 1.82) is 5.26 Å². The number of amides is 3. The second-order valence-electron chi connectivity index (χ2n) is 9.62. The molecule has 2 aromatic carbocycles. The van der Waals surface area contributed by atoms with Crippen molar-refractivity contribution in [2.24, 2.45) is 0 Å². The number of benzene rings is 2. The number of ether oxygens (including phenoxy) is 2. The Hall–Kier alpha value is -4.82. The van der Waals surface area contributed by atoms with E-state index in [0.29, 0.717) is 69.9 Å². The smallest absolute Gasteiger partial charge is 0.331 e. The van der Waals surface area contributed by atoms with Crippen LogP contribution in [0.5, 0.6) is 17.2 Å². The minimum Gasteiger partial charge on any atom is -0.493 e. The monoisotopic (exact) mass is 554 g/mol. The average Bonchev–Trinajstić information content (AvgIpc) is 3.34. The number of anilines is 3. The van der Waals surface area contributed by atoms with Crippen LogP contribution in [0.4, 0.5) is 21.9 Å². The lowest BCUT2D eigenvalue weighted by Crippen LogP contribution is -2.43. The number of methoxy groups -OCH3 is 1. The van der Waals surface area contributed by atoms with Crippen LogP contribution in [0.2, 0.25) is 0 Å². The van der Waals surface area contributed by atoms with Gasteiger partial charge in [-0.15, -0.1) is 11.3 Å². The first-order valence-corrected chi connectivity index (χ1v) is 13.7. The Kier molecular flexibility index (Phi) is 6.61. The lowest BCUT2D eigenvalue weighted by atomic mass is 10.1. The number of urea groups is 1. The van der Waals surface area contributed by atoms with Crippen molar-refractivity contribution in [2.45, 2.75) is 25.8 Å². The quantitative estimate of drug-likeness (QED) is 0.291. The largest absolute Gasteiger partial charge is 0.493 e. The van der Waals surface area contributed by atoms with Crippen molar-refractivity contribution in [3.05, 3.63) is 65.2 Å². The van der Waals surface area contributed by atoms with Crippen LogP contribution in [0.25, 0.3) is 10.2 Å². The van der Waals surface area contributed by atoms with E-state index in [-0.39, 0.29) is 18.0 Å². The summed E-state index contributed by atoms with van der Waals surface area (Å²) < 4.78 is 11.4.